The van der Waals surface area contributed by atoms with Crippen LogP contribution in [0.15, 0.2) is 28.1 Å². The van der Waals surface area contributed by atoms with Crippen molar-refractivity contribution in [3.63, 3.8) is 0 Å². The number of ether oxygens (including phenoxy) is 2. The summed E-state index contributed by atoms with van der Waals surface area (Å²) < 4.78 is 10.9. The van der Waals surface area contributed by atoms with Crippen molar-refractivity contribution in [3.8, 4) is 5.75 Å². The minimum atomic E-state index is -0.706. The first kappa shape index (κ1) is 16.8. The lowest BCUT2D eigenvalue weighted by atomic mass is 10.2. The number of carbonyl (C=O) groups is 2. The Hall–Kier alpha value is -1.57. The molecule has 2 aromatic rings. The SMILES string of the molecule is COc1cc(N)c(Cl)cc1C(=O)OCC(=O)c1ccc(Br)s1. The largest absolute Gasteiger partial charge is 0.496 e. The van der Waals surface area contributed by atoms with Gasteiger partial charge in [-0.3, -0.25) is 4.79 Å². The summed E-state index contributed by atoms with van der Waals surface area (Å²) in [5, 5.41) is 0.210. The molecule has 8 heteroatoms. The minimum absolute atomic E-state index is 0.113. The van der Waals surface area contributed by atoms with Crippen molar-refractivity contribution in [2.24, 2.45) is 0 Å². The molecule has 1 aromatic carbocycles. The van der Waals surface area contributed by atoms with Crippen molar-refractivity contribution in [1.29, 1.82) is 0 Å². The number of methoxy groups -OCH3 is 1. The van der Waals surface area contributed by atoms with Crippen molar-refractivity contribution >= 4 is 56.3 Å². The molecule has 1 aromatic heterocycles. The minimum Gasteiger partial charge on any atom is -0.496 e. The number of benzene rings is 1. The van der Waals surface area contributed by atoms with E-state index >= 15 is 0 Å². The zero-order valence-corrected chi connectivity index (χ0v) is 14.5. The third-order valence-electron chi connectivity index (χ3n) is 2.72. The molecule has 2 N–H and O–H groups in total. The Labute approximate surface area is 144 Å². The number of ketones is 1. The Morgan fingerprint density at radius 3 is 2.68 bits per heavy atom. The first-order valence-electron chi connectivity index (χ1n) is 6.01. The highest BCUT2D eigenvalue weighted by Gasteiger charge is 2.18. The highest BCUT2D eigenvalue weighted by Crippen LogP contribution is 2.29. The number of halogens is 2. The highest BCUT2D eigenvalue weighted by atomic mass is 79.9. The first-order chi connectivity index (χ1) is 10.4. The smallest absolute Gasteiger partial charge is 0.342 e. The Morgan fingerprint density at radius 1 is 1.36 bits per heavy atom. The van der Waals surface area contributed by atoms with E-state index in [0.717, 1.165) is 3.79 Å². The van der Waals surface area contributed by atoms with E-state index in [0.29, 0.717) is 4.88 Å². The van der Waals surface area contributed by atoms with Gasteiger partial charge >= 0.3 is 5.97 Å². The predicted molar refractivity (Wildman–Crippen MR) is 89.0 cm³/mol. The lowest BCUT2D eigenvalue weighted by Crippen LogP contribution is -2.14. The standard InChI is InChI=1S/C14H11BrClNO4S/c1-20-11-5-9(17)8(16)4-7(11)14(19)21-6-10(18)12-2-3-13(15)22-12/h2-5H,6,17H2,1H3. The van der Waals surface area contributed by atoms with E-state index in [9.17, 15) is 9.59 Å². The van der Waals surface area contributed by atoms with Crippen LogP contribution in [0, 0.1) is 0 Å². The fraction of sp³-hybridized carbons (Fsp3) is 0.143. The normalized spacial score (nSPS) is 10.3. The number of hydrogen-bond acceptors (Lipinski definition) is 6. The number of rotatable bonds is 5. The Morgan fingerprint density at radius 2 is 2.09 bits per heavy atom. The predicted octanol–water partition coefficient (Wildman–Crippen LogP) is 3.79. The van der Waals surface area contributed by atoms with Crippen molar-refractivity contribution in [2.75, 3.05) is 19.5 Å². The number of hydrogen-bond donors (Lipinski definition) is 1. The van der Waals surface area contributed by atoms with Crippen LogP contribution in [0.2, 0.25) is 5.02 Å². The molecule has 0 amide bonds. The van der Waals surface area contributed by atoms with Gasteiger partial charge in [0.2, 0.25) is 5.78 Å². The van der Waals surface area contributed by atoms with Crippen LogP contribution in [0.1, 0.15) is 20.0 Å². The summed E-state index contributed by atoms with van der Waals surface area (Å²) in [7, 11) is 1.40. The fourth-order valence-corrected chi connectivity index (χ4v) is 3.12. The van der Waals surface area contributed by atoms with Crippen molar-refractivity contribution in [1.82, 2.24) is 0 Å². The van der Waals surface area contributed by atoms with Gasteiger partial charge in [-0.25, -0.2) is 4.79 Å². The van der Waals surface area contributed by atoms with Crippen LogP contribution in [0.25, 0.3) is 0 Å². The summed E-state index contributed by atoms with van der Waals surface area (Å²) in [4.78, 5) is 24.5. The van der Waals surface area contributed by atoms with Crippen LogP contribution < -0.4 is 10.5 Å². The van der Waals surface area contributed by atoms with Crippen molar-refractivity contribution < 1.29 is 19.1 Å². The number of esters is 1. The molecule has 1 heterocycles. The summed E-state index contributed by atoms with van der Waals surface area (Å²) in [5.41, 5.74) is 6.04. The van der Waals surface area contributed by atoms with E-state index in [1.165, 1.54) is 30.6 Å². The molecule has 0 saturated carbocycles. The fourth-order valence-electron chi connectivity index (χ4n) is 1.64. The molecule has 0 saturated heterocycles. The Kier molecular flexibility index (Phi) is 5.44. The summed E-state index contributed by atoms with van der Waals surface area (Å²) in [6.45, 7) is -0.364. The van der Waals surface area contributed by atoms with Crippen LogP contribution in [-0.4, -0.2) is 25.5 Å². The maximum Gasteiger partial charge on any atom is 0.342 e. The van der Waals surface area contributed by atoms with E-state index in [-0.39, 0.29) is 34.4 Å². The molecule has 0 aliphatic rings. The van der Waals surface area contributed by atoms with Crippen LogP contribution in [-0.2, 0) is 4.74 Å². The molecule has 22 heavy (non-hydrogen) atoms. The van der Waals surface area contributed by atoms with Crippen LogP contribution in [0.5, 0.6) is 5.75 Å². The second-order valence-corrected chi connectivity index (χ2v) is 7.05. The lowest BCUT2D eigenvalue weighted by Gasteiger charge is -2.10. The highest BCUT2D eigenvalue weighted by molar-refractivity contribution is 9.11. The molecule has 0 fully saturated rings. The quantitative estimate of drug-likeness (QED) is 0.466. The van der Waals surface area contributed by atoms with Gasteiger partial charge in [0, 0.05) is 6.07 Å². The van der Waals surface area contributed by atoms with Crippen LogP contribution in [0.4, 0.5) is 5.69 Å². The number of carbonyl (C=O) groups excluding carboxylic acids is 2. The molecule has 0 aliphatic carbocycles. The summed E-state index contributed by atoms with van der Waals surface area (Å²) in [6, 6.07) is 6.19. The maximum atomic E-state index is 12.1. The summed E-state index contributed by atoms with van der Waals surface area (Å²) in [5.74, 6) is -0.759. The molecule has 0 aliphatic heterocycles. The molecule has 0 bridgehead atoms. The van der Waals surface area contributed by atoms with Crippen LogP contribution >= 0.6 is 38.9 Å². The second-order valence-electron chi connectivity index (χ2n) is 4.18. The van der Waals surface area contributed by atoms with Gasteiger partial charge in [0.1, 0.15) is 11.3 Å². The van der Waals surface area contributed by atoms with Gasteiger partial charge < -0.3 is 15.2 Å². The van der Waals surface area contributed by atoms with Gasteiger partial charge in [-0.1, -0.05) is 11.6 Å². The molecular weight excluding hydrogens is 394 g/mol. The van der Waals surface area contributed by atoms with Crippen molar-refractivity contribution in [3.05, 3.63) is 43.5 Å². The first-order valence-corrected chi connectivity index (χ1v) is 7.99. The lowest BCUT2D eigenvalue weighted by molar-refractivity contribution is 0.0472. The van der Waals surface area contributed by atoms with E-state index in [2.05, 4.69) is 15.9 Å². The molecule has 0 atom stereocenters. The molecule has 0 unspecified atom stereocenters. The molecule has 0 spiro atoms. The number of thiophene rings is 1. The summed E-state index contributed by atoms with van der Waals surface area (Å²) in [6.07, 6.45) is 0. The van der Waals surface area contributed by atoms with E-state index in [1.807, 2.05) is 0 Å². The van der Waals surface area contributed by atoms with Crippen molar-refractivity contribution in [2.45, 2.75) is 0 Å². The number of anilines is 1. The molecule has 2 rings (SSSR count). The number of nitrogens with two attached hydrogens (primary N) is 1. The van der Waals surface area contributed by atoms with E-state index < -0.39 is 5.97 Å². The van der Waals surface area contributed by atoms with E-state index in [4.69, 9.17) is 26.8 Å². The number of Topliss-reactive ketones (excluding diaryl/α,β-unsaturated/α-hetero) is 1. The van der Waals surface area contributed by atoms with Gasteiger partial charge in [-0.15, -0.1) is 11.3 Å². The zero-order valence-electron chi connectivity index (χ0n) is 11.4. The topological polar surface area (TPSA) is 78.6 Å². The van der Waals surface area contributed by atoms with Gasteiger partial charge in [0.25, 0.3) is 0 Å². The zero-order chi connectivity index (χ0) is 16.3. The Bertz CT molecular complexity index is 732. The maximum absolute atomic E-state index is 12.1. The Balaban J connectivity index is 2.09. The third kappa shape index (κ3) is 3.79. The molecule has 5 nitrogen and oxygen atoms in total. The second kappa shape index (κ2) is 7.13. The van der Waals surface area contributed by atoms with Crippen LogP contribution in [0.3, 0.4) is 0 Å². The third-order valence-corrected chi connectivity index (χ3v) is 4.71. The number of nitrogen functional groups attached to an aromatic ring is 1. The monoisotopic (exact) mass is 403 g/mol. The molecule has 0 radical (unpaired) electrons. The van der Waals surface area contributed by atoms with Gasteiger partial charge in [-0.2, -0.15) is 0 Å². The van der Waals surface area contributed by atoms with Gasteiger partial charge in [0.15, 0.2) is 6.61 Å². The summed E-state index contributed by atoms with van der Waals surface area (Å²) >= 11 is 10.4. The van der Waals surface area contributed by atoms with E-state index in [1.54, 1.807) is 12.1 Å². The molecule has 116 valence electrons. The van der Waals surface area contributed by atoms with Gasteiger partial charge in [0.05, 0.1) is 26.5 Å². The van der Waals surface area contributed by atoms with Gasteiger partial charge in [-0.05, 0) is 34.1 Å². The average molecular weight is 405 g/mol. The molecular formula is C14H11BrClNO4S. The average Bonchev–Trinajstić information content (AvgIpc) is 2.93.